The number of hydrogen-bond acceptors (Lipinski definition) is 3. The van der Waals surface area contributed by atoms with Gasteiger partial charge in [0.15, 0.2) is 0 Å². The Morgan fingerprint density at radius 1 is 1.41 bits per heavy atom. The second-order valence-electron chi connectivity index (χ2n) is 4.29. The average molecular weight is 236 g/mol. The zero-order valence-corrected chi connectivity index (χ0v) is 10.6. The maximum absolute atomic E-state index is 11.5. The van der Waals surface area contributed by atoms with Crippen LogP contribution < -0.4 is 11.1 Å². The van der Waals surface area contributed by atoms with E-state index in [0.29, 0.717) is 6.61 Å². The lowest BCUT2D eigenvalue weighted by Crippen LogP contribution is -2.38. The minimum Gasteiger partial charge on any atom is -0.380 e. The van der Waals surface area contributed by atoms with E-state index in [1.165, 1.54) is 0 Å². The molecule has 0 saturated heterocycles. The monoisotopic (exact) mass is 236 g/mol. The molecule has 1 rings (SSSR count). The molecule has 1 unspecified atom stereocenters. The molecule has 0 spiro atoms. The summed E-state index contributed by atoms with van der Waals surface area (Å²) in [6.45, 7) is 4.43. The van der Waals surface area contributed by atoms with Gasteiger partial charge in [0.25, 0.3) is 0 Å². The van der Waals surface area contributed by atoms with Gasteiger partial charge in [0.1, 0.15) is 6.04 Å². The van der Waals surface area contributed by atoms with Crippen LogP contribution in [-0.4, -0.2) is 19.1 Å². The molecule has 0 aliphatic carbocycles. The molecule has 0 radical (unpaired) electrons. The molecular weight excluding hydrogens is 216 g/mol. The first-order valence-electron chi connectivity index (χ1n) is 5.68. The molecule has 4 heteroatoms. The topological polar surface area (TPSA) is 64.3 Å². The number of nitrogens with two attached hydrogens (primary N) is 1. The molecule has 1 aromatic rings. The van der Waals surface area contributed by atoms with Crippen molar-refractivity contribution in [3.63, 3.8) is 0 Å². The second-order valence-corrected chi connectivity index (χ2v) is 4.29. The van der Waals surface area contributed by atoms with Gasteiger partial charge in [0.2, 0.25) is 5.91 Å². The number of ether oxygens (including phenoxy) is 1. The number of carbonyl (C=O) groups excluding carboxylic acids is 1. The van der Waals surface area contributed by atoms with Crippen LogP contribution in [0, 0.1) is 0 Å². The van der Waals surface area contributed by atoms with E-state index in [1.807, 2.05) is 38.1 Å². The van der Waals surface area contributed by atoms with Crippen LogP contribution in [0.4, 0.5) is 0 Å². The van der Waals surface area contributed by atoms with Gasteiger partial charge >= 0.3 is 0 Å². The van der Waals surface area contributed by atoms with Crippen LogP contribution >= 0.6 is 0 Å². The summed E-state index contributed by atoms with van der Waals surface area (Å²) >= 11 is 0. The fraction of sp³-hybridized carbons (Fsp3) is 0.462. The Balaban J connectivity index is 3.04. The molecule has 0 saturated carbocycles. The summed E-state index contributed by atoms with van der Waals surface area (Å²) < 4.78 is 5.12. The minimum absolute atomic E-state index is 0.183. The summed E-state index contributed by atoms with van der Waals surface area (Å²) in [4.78, 5) is 11.5. The van der Waals surface area contributed by atoms with Crippen molar-refractivity contribution in [3.8, 4) is 0 Å². The highest BCUT2D eigenvalue weighted by atomic mass is 16.5. The van der Waals surface area contributed by atoms with E-state index in [2.05, 4.69) is 5.32 Å². The van der Waals surface area contributed by atoms with Crippen molar-refractivity contribution in [1.29, 1.82) is 0 Å². The normalized spacial score (nSPS) is 12.7. The summed E-state index contributed by atoms with van der Waals surface area (Å²) in [5.74, 6) is -0.373. The van der Waals surface area contributed by atoms with Crippen molar-refractivity contribution >= 4 is 5.91 Å². The molecule has 1 atom stereocenters. The minimum atomic E-state index is -0.471. The summed E-state index contributed by atoms with van der Waals surface area (Å²) in [7, 11) is 1.63. The lowest BCUT2D eigenvalue weighted by Gasteiger charge is -2.21. The Morgan fingerprint density at radius 2 is 2.06 bits per heavy atom. The smallest absolute Gasteiger partial charge is 0.239 e. The average Bonchev–Trinajstić information content (AvgIpc) is 2.27. The first-order chi connectivity index (χ1) is 8.06. The van der Waals surface area contributed by atoms with Crippen molar-refractivity contribution in [2.75, 3.05) is 7.11 Å². The standard InChI is InChI=1S/C13H20N2O2/c1-9(2)15-12(13(14)16)11-7-5-4-6-10(11)8-17-3/h4-7,9,12,15H,8H2,1-3H3,(H2,14,16). The third-order valence-corrected chi connectivity index (χ3v) is 2.45. The molecule has 1 amide bonds. The molecule has 94 valence electrons. The van der Waals surface area contributed by atoms with Gasteiger partial charge in [-0.25, -0.2) is 0 Å². The van der Waals surface area contributed by atoms with Gasteiger partial charge in [-0.05, 0) is 25.0 Å². The van der Waals surface area contributed by atoms with Crippen molar-refractivity contribution in [2.24, 2.45) is 5.73 Å². The summed E-state index contributed by atoms with van der Waals surface area (Å²) in [5.41, 5.74) is 7.30. The Bertz CT molecular complexity index is 377. The van der Waals surface area contributed by atoms with Crippen LogP contribution in [0.5, 0.6) is 0 Å². The van der Waals surface area contributed by atoms with Crippen LogP contribution in [0.25, 0.3) is 0 Å². The molecule has 0 aliphatic heterocycles. The predicted octanol–water partition coefficient (Wildman–Crippen LogP) is 1.36. The Kier molecular flexibility index (Phi) is 5.12. The van der Waals surface area contributed by atoms with Gasteiger partial charge in [-0.1, -0.05) is 24.3 Å². The molecule has 0 aromatic heterocycles. The number of hydrogen-bond donors (Lipinski definition) is 2. The number of benzene rings is 1. The number of amides is 1. The van der Waals surface area contributed by atoms with Gasteiger partial charge in [-0.15, -0.1) is 0 Å². The van der Waals surface area contributed by atoms with Crippen LogP contribution in [0.1, 0.15) is 31.0 Å². The Morgan fingerprint density at radius 3 is 2.59 bits per heavy atom. The van der Waals surface area contributed by atoms with E-state index in [0.717, 1.165) is 11.1 Å². The molecule has 0 fully saturated rings. The van der Waals surface area contributed by atoms with Gasteiger partial charge in [-0.3, -0.25) is 10.1 Å². The fourth-order valence-corrected chi connectivity index (χ4v) is 1.76. The maximum atomic E-state index is 11.5. The van der Waals surface area contributed by atoms with E-state index in [4.69, 9.17) is 10.5 Å². The molecule has 3 N–H and O–H groups in total. The fourth-order valence-electron chi connectivity index (χ4n) is 1.76. The van der Waals surface area contributed by atoms with Gasteiger partial charge in [-0.2, -0.15) is 0 Å². The molecule has 1 aromatic carbocycles. The maximum Gasteiger partial charge on any atom is 0.239 e. The first-order valence-corrected chi connectivity index (χ1v) is 5.68. The number of primary amides is 1. The Labute approximate surface area is 102 Å². The van der Waals surface area contributed by atoms with Crippen LogP contribution in [0.3, 0.4) is 0 Å². The zero-order valence-electron chi connectivity index (χ0n) is 10.6. The lowest BCUT2D eigenvalue weighted by molar-refractivity contribution is -0.120. The molecule has 0 aliphatic rings. The van der Waals surface area contributed by atoms with Crippen LogP contribution in [0.2, 0.25) is 0 Å². The second kappa shape index (κ2) is 6.37. The lowest BCUT2D eigenvalue weighted by atomic mass is 9.99. The molecule has 0 bridgehead atoms. The van der Waals surface area contributed by atoms with E-state index < -0.39 is 6.04 Å². The Hall–Kier alpha value is -1.39. The predicted molar refractivity (Wildman–Crippen MR) is 67.4 cm³/mol. The summed E-state index contributed by atoms with van der Waals surface area (Å²) in [6.07, 6.45) is 0. The van der Waals surface area contributed by atoms with Gasteiger partial charge < -0.3 is 10.5 Å². The SMILES string of the molecule is COCc1ccccc1C(NC(C)C)C(N)=O. The van der Waals surface area contributed by atoms with Gasteiger partial charge in [0.05, 0.1) is 6.61 Å². The van der Waals surface area contributed by atoms with Crippen molar-refractivity contribution in [3.05, 3.63) is 35.4 Å². The largest absolute Gasteiger partial charge is 0.380 e. The number of nitrogens with one attached hydrogen (secondary N) is 1. The molecule has 0 heterocycles. The highest BCUT2D eigenvalue weighted by Crippen LogP contribution is 2.19. The first kappa shape index (κ1) is 13.7. The third-order valence-electron chi connectivity index (χ3n) is 2.45. The zero-order chi connectivity index (χ0) is 12.8. The molecular formula is C13H20N2O2. The van der Waals surface area contributed by atoms with Crippen molar-refractivity contribution < 1.29 is 9.53 Å². The quantitative estimate of drug-likeness (QED) is 0.783. The van der Waals surface area contributed by atoms with Crippen molar-refractivity contribution in [1.82, 2.24) is 5.32 Å². The van der Waals surface area contributed by atoms with Crippen LogP contribution in [0.15, 0.2) is 24.3 Å². The number of methoxy groups -OCH3 is 1. The third kappa shape index (κ3) is 3.84. The highest BCUT2D eigenvalue weighted by Gasteiger charge is 2.20. The molecule has 17 heavy (non-hydrogen) atoms. The van der Waals surface area contributed by atoms with E-state index in [9.17, 15) is 4.79 Å². The van der Waals surface area contributed by atoms with E-state index in [1.54, 1.807) is 7.11 Å². The van der Waals surface area contributed by atoms with E-state index >= 15 is 0 Å². The summed E-state index contributed by atoms with van der Waals surface area (Å²) in [6, 6.07) is 7.37. The number of rotatable bonds is 6. The van der Waals surface area contributed by atoms with Crippen molar-refractivity contribution in [2.45, 2.75) is 32.5 Å². The van der Waals surface area contributed by atoms with E-state index in [-0.39, 0.29) is 11.9 Å². The summed E-state index contributed by atoms with van der Waals surface area (Å²) in [5, 5.41) is 3.16. The highest BCUT2D eigenvalue weighted by molar-refractivity contribution is 5.81. The molecule has 4 nitrogen and oxygen atoms in total. The number of carbonyl (C=O) groups is 1. The van der Waals surface area contributed by atoms with Gasteiger partial charge in [0, 0.05) is 13.2 Å². The van der Waals surface area contributed by atoms with Crippen LogP contribution in [-0.2, 0) is 16.1 Å².